The van der Waals surface area contributed by atoms with Gasteiger partial charge in [0.15, 0.2) is 5.16 Å². The predicted molar refractivity (Wildman–Crippen MR) is 54.9 cm³/mol. The molecular weight excluding hydrogens is 198 g/mol. The molecule has 0 radical (unpaired) electrons. The van der Waals surface area contributed by atoms with Crippen LogP contribution in [-0.2, 0) is 0 Å². The number of nitriles is 1. The lowest BCUT2D eigenvalue weighted by molar-refractivity contribution is 0.708. The number of anilines is 1. The second-order valence-corrected chi connectivity index (χ2v) is 3.93. The van der Waals surface area contributed by atoms with Crippen LogP contribution in [0.1, 0.15) is 13.8 Å². The van der Waals surface area contributed by atoms with Gasteiger partial charge in [-0.3, -0.25) is 0 Å². The molecule has 14 heavy (non-hydrogen) atoms. The second-order valence-electron chi connectivity index (χ2n) is 3.16. The molecule has 0 saturated heterocycles. The Morgan fingerprint density at radius 2 is 2.21 bits per heavy atom. The van der Waals surface area contributed by atoms with Crippen LogP contribution in [0.25, 0.3) is 0 Å². The lowest BCUT2D eigenvalue weighted by Crippen LogP contribution is -2.29. The van der Waals surface area contributed by atoms with Crippen LogP contribution in [0.3, 0.4) is 0 Å². The van der Waals surface area contributed by atoms with Gasteiger partial charge in [-0.25, -0.2) is 9.97 Å². The maximum atomic E-state index is 8.79. The Balaban J connectivity index is 2.83. The number of hydrogen-bond acceptors (Lipinski definition) is 6. The SMILES string of the molecule is CSc1ncnc(NC(C)(C)C#N)n1. The first kappa shape index (κ1) is 10.7. The van der Waals surface area contributed by atoms with E-state index in [0.717, 1.165) is 0 Å². The topological polar surface area (TPSA) is 74.5 Å². The predicted octanol–water partition coefficient (Wildman–Crippen LogP) is 1.31. The number of thioether (sulfide) groups is 1. The standard InChI is InChI=1S/C8H11N5S/c1-8(2,4-9)13-6-10-5-11-7(12-6)14-3/h5H,1-3H3,(H,10,11,12,13). The lowest BCUT2D eigenvalue weighted by atomic mass is 10.1. The smallest absolute Gasteiger partial charge is 0.227 e. The highest BCUT2D eigenvalue weighted by Gasteiger charge is 2.17. The first-order chi connectivity index (χ1) is 6.57. The van der Waals surface area contributed by atoms with Crippen molar-refractivity contribution in [2.45, 2.75) is 24.5 Å². The third kappa shape index (κ3) is 2.85. The molecule has 0 unspecified atom stereocenters. The highest BCUT2D eigenvalue weighted by atomic mass is 32.2. The normalized spacial score (nSPS) is 10.7. The first-order valence-corrected chi connectivity index (χ1v) is 5.22. The van der Waals surface area contributed by atoms with Crippen LogP contribution in [0.15, 0.2) is 11.5 Å². The molecule has 0 spiro atoms. The quantitative estimate of drug-likeness (QED) is 0.756. The molecule has 5 nitrogen and oxygen atoms in total. The van der Waals surface area contributed by atoms with Gasteiger partial charge in [0, 0.05) is 0 Å². The summed E-state index contributed by atoms with van der Waals surface area (Å²) in [5.74, 6) is 0.427. The van der Waals surface area contributed by atoms with Gasteiger partial charge in [0.25, 0.3) is 0 Å². The minimum absolute atomic E-state index is 0.427. The molecule has 0 saturated carbocycles. The third-order valence-corrected chi connectivity index (χ3v) is 2.00. The van der Waals surface area contributed by atoms with Crippen molar-refractivity contribution in [3.63, 3.8) is 0 Å². The number of nitrogens with one attached hydrogen (secondary N) is 1. The Morgan fingerprint density at radius 1 is 1.50 bits per heavy atom. The van der Waals surface area contributed by atoms with Gasteiger partial charge in [0.2, 0.25) is 5.95 Å². The number of aromatic nitrogens is 3. The van der Waals surface area contributed by atoms with Gasteiger partial charge in [-0.05, 0) is 20.1 Å². The molecular formula is C8H11N5S. The summed E-state index contributed by atoms with van der Waals surface area (Å²) >= 11 is 1.43. The van der Waals surface area contributed by atoms with E-state index in [1.54, 1.807) is 13.8 Å². The molecule has 0 aromatic carbocycles. The summed E-state index contributed by atoms with van der Waals surface area (Å²) in [5, 5.41) is 12.3. The van der Waals surface area contributed by atoms with Gasteiger partial charge in [0.1, 0.15) is 11.9 Å². The van der Waals surface area contributed by atoms with Gasteiger partial charge in [-0.15, -0.1) is 0 Å². The molecule has 0 aliphatic rings. The molecule has 6 heteroatoms. The molecule has 1 aromatic heterocycles. The van der Waals surface area contributed by atoms with E-state index in [-0.39, 0.29) is 0 Å². The highest BCUT2D eigenvalue weighted by molar-refractivity contribution is 7.98. The van der Waals surface area contributed by atoms with Crippen LogP contribution in [0, 0.1) is 11.3 Å². The number of nitrogens with zero attached hydrogens (tertiary/aromatic N) is 4. The van der Waals surface area contributed by atoms with Crippen LogP contribution < -0.4 is 5.32 Å². The Bertz CT molecular complexity index is 357. The van der Waals surface area contributed by atoms with Gasteiger partial charge in [-0.2, -0.15) is 10.2 Å². The molecule has 0 aliphatic carbocycles. The van der Waals surface area contributed by atoms with E-state index < -0.39 is 5.54 Å². The van der Waals surface area contributed by atoms with Crippen molar-refractivity contribution in [1.29, 1.82) is 5.26 Å². The van der Waals surface area contributed by atoms with Gasteiger partial charge < -0.3 is 5.32 Å². The van der Waals surface area contributed by atoms with Crippen molar-refractivity contribution >= 4 is 17.7 Å². The summed E-state index contributed by atoms with van der Waals surface area (Å²) < 4.78 is 0. The summed E-state index contributed by atoms with van der Waals surface area (Å²) in [6.07, 6.45) is 3.31. The zero-order valence-corrected chi connectivity index (χ0v) is 9.09. The molecule has 0 aliphatic heterocycles. The molecule has 0 bridgehead atoms. The minimum atomic E-state index is -0.670. The van der Waals surface area contributed by atoms with Crippen LogP contribution in [0.2, 0.25) is 0 Å². The maximum Gasteiger partial charge on any atom is 0.227 e. The molecule has 1 heterocycles. The minimum Gasteiger partial charge on any atom is -0.336 e. The average molecular weight is 209 g/mol. The van der Waals surface area contributed by atoms with Gasteiger partial charge >= 0.3 is 0 Å². The van der Waals surface area contributed by atoms with E-state index in [4.69, 9.17) is 5.26 Å². The highest BCUT2D eigenvalue weighted by Crippen LogP contribution is 2.12. The fourth-order valence-corrected chi connectivity index (χ4v) is 1.08. The van der Waals surface area contributed by atoms with Crippen LogP contribution >= 0.6 is 11.8 Å². The zero-order chi connectivity index (χ0) is 10.6. The summed E-state index contributed by atoms with van der Waals surface area (Å²) in [4.78, 5) is 12.0. The van der Waals surface area contributed by atoms with E-state index in [2.05, 4.69) is 26.3 Å². The van der Waals surface area contributed by atoms with E-state index in [9.17, 15) is 0 Å². The first-order valence-electron chi connectivity index (χ1n) is 4.00. The van der Waals surface area contributed by atoms with E-state index in [1.807, 2.05) is 6.26 Å². The van der Waals surface area contributed by atoms with Crippen molar-refractivity contribution in [2.24, 2.45) is 0 Å². The molecule has 0 fully saturated rings. The molecule has 0 amide bonds. The molecule has 1 N–H and O–H groups in total. The Kier molecular flexibility index (Phi) is 3.25. The Labute approximate surface area is 87.0 Å². The van der Waals surface area contributed by atoms with E-state index >= 15 is 0 Å². The van der Waals surface area contributed by atoms with Gasteiger partial charge in [-0.1, -0.05) is 11.8 Å². The van der Waals surface area contributed by atoms with E-state index in [1.165, 1.54) is 18.1 Å². The Hall–Kier alpha value is -1.35. The second kappa shape index (κ2) is 4.24. The van der Waals surface area contributed by atoms with Crippen molar-refractivity contribution in [3.05, 3.63) is 6.33 Å². The molecule has 0 atom stereocenters. The third-order valence-electron chi connectivity index (χ3n) is 1.44. The number of rotatable bonds is 3. The molecule has 74 valence electrons. The fraction of sp³-hybridized carbons (Fsp3) is 0.500. The zero-order valence-electron chi connectivity index (χ0n) is 8.27. The lowest BCUT2D eigenvalue weighted by Gasteiger charge is -2.16. The van der Waals surface area contributed by atoms with Crippen molar-refractivity contribution in [3.8, 4) is 6.07 Å². The molecule has 1 aromatic rings. The van der Waals surface area contributed by atoms with Crippen LogP contribution in [0.5, 0.6) is 0 Å². The summed E-state index contributed by atoms with van der Waals surface area (Å²) in [5.41, 5.74) is -0.670. The summed E-state index contributed by atoms with van der Waals surface area (Å²) in [7, 11) is 0. The van der Waals surface area contributed by atoms with Crippen LogP contribution in [-0.4, -0.2) is 26.7 Å². The summed E-state index contributed by atoms with van der Waals surface area (Å²) in [6, 6.07) is 2.11. The fourth-order valence-electron chi connectivity index (χ4n) is 0.747. The largest absolute Gasteiger partial charge is 0.336 e. The molecule has 1 rings (SSSR count). The monoisotopic (exact) mass is 209 g/mol. The van der Waals surface area contributed by atoms with Crippen LogP contribution in [0.4, 0.5) is 5.95 Å². The van der Waals surface area contributed by atoms with Crippen molar-refractivity contribution < 1.29 is 0 Å². The van der Waals surface area contributed by atoms with Crippen molar-refractivity contribution in [2.75, 3.05) is 11.6 Å². The average Bonchev–Trinajstić information content (AvgIpc) is 2.17. The Morgan fingerprint density at radius 3 is 2.79 bits per heavy atom. The van der Waals surface area contributed by atoms with E-state index in [0.29, 0.717) is 11.1 Å². The maximum absolute atomic E-state index is 8.79. The van der Waals surface area contributed by atoms with Gasteiger partial charge in [0.05, 0.1) is 6.07 Å². The summed E-state index contributed by atoms with van der Waals surface area (Å²) in [6.45, 7) is 3.52. The van der Waals surface area contributed by atoms with Crippen molar-refractivity contribution in [1.82, 2.24) is 15.0 Å². The number of hydrogen-bond donors (Lipinski definition) is 1.